The van der Waals surface area contributed by atoms with Gasteiger partial charge in [0.2, 0.25) is 5.91 Å². The average Bonchev–Trinajstić information content (AvgIpc) is 2.49. The molecule has 0 saturated carbocycles. The van der Waals surface area contributed by atoms with Crippen molar-refractivity contribution in [2.75, 3.05) is 18.4 Å². The third-order valence-electron chi connectivity index (χ3n) is 4.15. The first-order valence-electron chi connectivity index (χ1n) is 7.55. The molecule has 8 heteroatoms. The van der Waals surface area contributed by atoms with Gasteiger partial charge in [0.1, 0.15) is 11.9 Å². The van der Waals surface area contributed by atoms with Gasteiger partial charge in [0.15, 0.2) is 0 Å². The minimum Gasteiger partial charge on any atom is -0.391 e. The number of aliphatic hydroxyl groups excluding tert-OH is 1. The molecule has 0 aliphatic carbocycles. The van der Waals surface area contributed by atoms with E-state index in [1.165, 1.54) is 0 Å². The predicted octanol–water partition coefficient (Wildman–Crippen LogP) is 1.42. The van der Waals surface area contributed by atoms with Crippen LogP contribution in [0.25, 0.3) is 0 Å². The van der Waals surface area contributed by atoms with Crippen LogP contribution in [0.1, 0.15) is 13.8 Å². The third kappa shape index (κ3) is 4.22. The Kier molecular flexibility index (Phi) is 6.39. The summed E-state index contributed by atoms with van der Waals surface area (Å²) < 4.78 is 0.824. The Hall–Kier alpha value is -0.730. The number of carbonyl (C=O) groups excluding carboxylic acids is 1. The van der Waals surface area contributed by atoms with Crippen molar-refractivity contribution in [3.05, 3.63) is 22.8 Å². The summed E-state index contributed by atoms with van der Waals surface area (Å²) in [6.45, 7) is 4.68. The quantitative estimate of drug-likeness (QED) is 0.659. The van der Waals surface area contributed by atoms with E-state index in [-0.39, 0.29) is 29.8 Å². The topological polar surface area (TPSA) is 91.5 Å². The predicted molar refractivity (Wildman–Crippen MR) is 94.4 cm³/mol. The van der Waals surface area contributed by atoms with Gasteiger partial charge in [-0.2, -0.15) is 0 Å². The summed E-state index contributed by atoms with van der Waals surface area (Å²) in [5, 5.41) is 13.1. The van der Waals surface area contributed by atoms with Gasteiger partial charge >= 0.3 is 0 Å². The molecule has 1 aromatic rings. The van der Waals surface area contributed by atoms with Crippen LogP contribution in [-0.2, 0) is 4.79 Å². The van der Waals surface area contributed by atoms with Crippen LogP contribution in [0.5, 0.6) is 0 Å². The number of nitrogens with two attached hydrogens (primary N) is 1. The Bertz CT molecular complexity index is 543. The van der Waals surface area contributed by atoms with E-state index in [0.717, 1.165) is 4.47 Å². The molecular weight excluding hydrogens is 384 g/mol. The lowest BCUT2D eigenvalue weighted by Crippen LogP contribution is -2.64. The number of anilines is 1. The number of pyridine rings is 1. The van der Waals surface area contributed by atoms with Gasteiger partial charge in [-0.25, -0.2) is 4.98 Å². The van der Waals surface area contributed by atoms with Gasteiger partial charge in [0.05, 0.1) is 11.5 Å². The zero-order valence-corrected chi connectivity index (χ0v) is 15.5. The average molecular weight is 406 g/mol. The van der Waals surface area contributed by atoms with Crippen LogP contribution >= 0.6 is 27.5 Å². The molecule has 4 atom stereocenters. The first-order valence-corrected chi connectivity index (χ1v) is 8.78. The number of carbonyl (C=O) groups is 1. The molecule has 6 nitrogen and oxygen atoms in total. The molecule has 23 heavy (non-hydrogen) atoms. The molecule has 1 aliphatic rings. The number of aromatic nitrogens is 1. The van der Waals surface area contributed by atoms with E-state index in [2.05, 4.69) is 26.2 Å². The maximum absolute atomic E-state index is 12.7. The summed E-state index contributed by atoms with van der Waals surface area (Å²) in [5.74, 6) is -0.185. The molecule has 1 saturated heterocycles. The van der Waals surface area contributed by atoms with Crippen LogP contribution in [0, 0.1) is 5.92 Å². The van der Waals surface area contributed by atoms with E-state index >= 15 is 0 Å². The second-order valence-corrected chi connectivity index (χ2v) is 7.47. The highest BCUT2D eigenvalue weighted by Crippen LogP contribution is 2.29. The fourth-order valence-electron chi connectivity index (χ4n) is 2.87. The summed E-state index contributed by atoms with van der Waals surface area (Å²) in [5.41, 5.74) is 5.72. The molecule has 1 aliphatic heterocycles. The lowest BCUT2D eigenvalue weighted by molar-refractivity contribution is -0.131. The molecule has 0 bridgehead atoms. The van der Waals surface area contributed by atoms with E-state index < -0.39 is 12.1 Å². The second kappa shape index (κ2) is 7.90. The second-order valence-electron chi connectivity index (χ2n) is 5.99. The first-order chi connectivity index (χ1) is 10.8. The molecule has 2 heterocycles. The Morgan fingerprint density at radius 3 is 2.83 bits per heavy atom. The Labute approximate surface area is 149 Å². The van der Waals surface area contributed by atoms with Gasteiger partial charge in [0, 0.05) is 29.2 Å². The SMILES string of the molecule is CC(C)N1CC(Cl)C(CN)C(O)C1C(=O)Nc1ccc(Br)cn1. The number of rotatable bonds is 4. The molecule has 0 aromatic carbocycles. The molecule has 128 valence electrons. The standard InChI is InChI=1S/C15H22BrClN4O2/c1-8(2)21-7-11(17)10(5-18)14(22)13(21)15(23)20-12-4-3-9(16)6-19-12/h3-4,6,8,10-11,13-14,22H,5,7,18H2,1-2H3,(H,19,20,23). The van der Waals surface area contributed by atoms with Crippen molar-refractivity contribution in [2.24, 2.45) is 11.7 Å². The summed E-state index contributed by atoms with van der Waals surface area (Å²) in [6.07, 6.45) is 0.680. The monoisotopic (exact) mass is 404 g/mol. The number of likely N-dealkylation sites (tertiary alicyclic amines) is 1. The lowest BCUT2D eigenvalue weighted by atomic mass is 9.86. The molecule has 0 radical (unpaired) electrons. The van der Waals surface area contributed by atoms with Crippen molar-refractivity contribution < 1.29 is 9.90 Å². The van der Waals surface area contributed by atoms with Crippen LogP contribution in [0.4, 0.5) is 5.82 Å². The zero-order valence-electron chi connectivity index (χ0n) is 13.1. The molecule has 1 aromatic heterocycles. The number of halogens is 2. The van der Waals surface area contributed by atoms with Crippen molar-refractivity contribution in [1.29, 1.82) is 0 Å². The molecule has 1 amide bonds. The summed E-state index contributed by atoms with van der Waals surface area (Å²) in [6, 6.07) is 2.85. The third-order valence-corrected chi connectivity index (χ3v) is 5.08. The van der Waals surface area contributed by atoms with Gasteiger partial charge in [-0.1, -0.05) is 0 Å². The number of piperidine rings is 1. The number of nitrogens with one attached hydrogen (secondary N) is 1. The van der Waals surface area contributed by atoms with E-state index in [4.69, 9.17) is 17.3 Å². The molecular formula is C15H22BrClN4O2. The van der Waals surface area contributed by atoms with Crippen LogP contribution in [0.3, 0.4) is 0 Å². The molecule has 4 N–H and O–H groups in total. The minimum absolute atomic E-state index is 0.0678. The van der Waals surface area contributed by atoms with Gasteiger partial charge in [-0.3, -0.25) is 9.69 Å². The fraction of sp³-hybridized carbons (Fsp3) is 0.600. The summed E-state index contributed by atoms with van der Waals surface area (Å²) >= 11 is 9.63. The van der Waals surface area contributed by atoms with Gasteiger partial charge in [-0.15, -0.1) is 11.6 Å². The maximum atomic E-state index is 12.7. The number of hydrogen-bond acceptors (Lipinski definition) is 5. The van der Waals surface area contributed by atoms with E-state index in [1.54, 1.807) is 18.3 Å². The maximum Gasteiger partial charge on any atom is 0.245 e. The molecule has 2 rings (SSSR count). The highest BCUT2D eigenvalue weighted by molar-refractivity contribution is 9.10. The van der Waals surface area contributed by atoms with Gasteiger partial charge < -0.3 is 16.2 Å². The van der Waals surface area contributed by atoms with Crippen molar-refractivity contribution >= 4 is 39.3 Å². The number of hydrogen-bond donors (Lipinski definition) is 3. The van der Waals surface area contributed by atoms with Crippen LogP contribution in [0.15, 0.2) is 22.8 Å². The molecule has 1 fully saturated rings. The van der Waals surface area contributed by atoms with E-state index in [9.17, 15) is 9.90 Å². The largest absolute Gasteiger partial charge is 0.391 e. The lowest BCUT2D eigenvalue weighted by Gasteiger charge is -2.46. The highest BCUT2D eigenvalue weighted by atomic mass is 79.9. The Balaban J connectivity index is 2.20. The van der Waals surface area contributed by atoms with E-state index in [1.807, 2.05) is 18.7 Å². The number of aliphatic hydroxyl groups is 1. The van der Waals surface area contributed by atoms with Crippen LogP contribution in [-0.4, -0.2) is 57.6 Å². The van der Waals surface area contributed by atoms with Gasteiger partial charge in [0.25, 0.3) is 0 Å². The van der Waals surface area contributed by atoms with E-state index in [0.29, 0.717) is 12.4 Å². The number of amides is 1. The Morgan fingerprint density at radius 1 is 1.61 bits per heavy atom. The highest BCUT2D eigenvalue weighted by Gasteiger charge is 2.45. The smallest absolute Gasteiger partial charge is 0.245 e. The van der Waals surface area contributed by atoms with Crippen molar-refractivity contribution in [3.63, 3.8) is 0 Å². The fourth-order valence-corrected chi connectivity index (χ4v) is 3.52. The summed E-state index contributed by atoms with van der Waals surface area (Å²) in [4.78, 5) is 18.7. The van der Waals surface area contributed by atoms with Crippen LogP contribution in [0.2, 0.25) is 0 Å². The van der Waals surface area contributed by atoms with Crippen molar-refractivity contribution in [2.45, 2.75) is 37.4 Å². The normalized spacial score (nSPS) is 28.8. The molecule has 0 spiro atoms. The first kappa shape index (κ1) is 18.6. The zero-order chi connectivity index (χ0) is 17.1. The number of alkyl halides is 1. The van der Waals surface area contributed by atoms with Crippen molar-refractivity contribution in [1.82, 2.24) is 9.88 Å². The summed E-state index contributed by atoms with van der Waals surface area (Å²) in [7, 11) is 0. The van der Waals surface area contributed by atoms with Crippen molar-refractivity contribution in [3.8, 4) is 0 Å². The molecule has 4 unspecified atom stereocenters. The minimum atomic E-state index is -0.922. The Morgan fingerprint density at radius 2 is 2.30 bits per heavy atom. The van der Waals surface area contributed by atoms with Crippen LogP contribution < -0.4 is 11.1 Å². The number of nitrogens with zero attached hydrogens (tertiary/aromatic N) is 2. The van der Waals surface area contributed by atoms with Gasteiger partial charge in [-0.05, 0) is 48.5 Å².